The first kappa shape index (κ1) is 21.1. The van der Waals surface area contributed by atoms with Crippen LogP contribution in [0.15, 0.2) is 67.0 Å². The van der Waals surface area contributed by atoms with Gasteiger partial charge in [0.1, 0.15) is 17.9 Å². The number of nitrogens with one attached hydrogen (secondary N) is 1. The molecule has 0 aliphatic carbocycles. The quantitative estimate of drug-likeness (QED) is 0.590. The molecule has 0 bridgehead atoms. The zero-order valence-corrected chi connectivity index (χ0v) is 18.0. The van der Waals surface area contributed by atoms with Gasteiger partial charge in [-0.2, -0.15) is 0 Å². The van der Waals surface area contributed by atoms with Crippen LogP contribution in [-0.2, 0) is 11.2 Å². The molecule has 0 unspecified atom stereocenters. The van der Waals surface area contributed by atoms with Gasteiger partial charge in [0.15, 0.2) is 0 Å². The van der Waals surface area contributed by atoms with Crippen LogP contribution in [0.5, 0.6) is 11.6 Å². The SMILES string of the molecule is O=C(NCCc1ccc(Cl)cc1)C1CCN(c2cc(Oc3ccccc3)ncn2)CC1. The van der Waals surface area contributed by atoms with Crippen LogP contribution in [0.2, 0.25) is 5.02 Å². The van der Waals surface area contributed by atoms with Crippen molar-refractivity contribution in [3.63, 3.8) is 0 Å². The van der Waals surface area contributed by atoms with Crippen LogP contribution >= 0.6 is 11.6 Å². The van der Waals surface area contributed by atoms with Crippen molar-refractivity contribution in [1.29, 1.82) is 0 Å². The van der Waals surface area contributed by atoms with Crippen LogP contribution in [0, 0.1) is 5.92 Å². The second-order valence-electron chi connectivity index (χ2n) is 7.56. The fourth-order valence-corrected chi connectivity index (χ4v) is 3.79. The van der Waals surface area contributed by atoms with Crippen molar-refractivity contribution in [3.8, 4) is 11.6 Å². The number of ether oxygens (including phenoxy) is 1. The van der Waals surface area contributed by atoms with E-state index in [4.69, 9.17) is 16.3 Å². The number of halogens is 1. The van der Waals surface area contributed by atoms with E-state index in [0.717, 1.165) is 54.5 Å². The third-order valence-corrected chi connectivity index (χ3v) is 5.66. The zero-order valence-electron chi connectivity index (χ0n) is 17.2. The lowest BCUT2D eigenvalue weighted by molar-refractivity contribution is -0.125. The van der Waals surface area contributed by atoms with E-state index in [1.165, 1.54) is 6.33 Å². The molecule has 1 aliphatic rings. The normalized spacial score (nSPS) is 14.3. The van der Waals surface area contributed by atoms with E-state index in [1.54, 1.807) is 0 Å². The van der Waals surface area contributed by atoms with Gasteiger partial charge in [-0.15, -0.1) is 0 Å². The Balaban J connectivity index is 1.25. The summed E-state index contributed by atoms with van der Waals surface area (Å²) in [5.41, 5.74) is 1.16. The van der Waals surface area contributed by atoms with Gasteiger partial charge < -0.3 is 15.0 Å². The molecule has 1 aliphatic heterocycles. The van der Waals surface area contributed by atoms with E-state index in [9.17, 15) is 4.79 Å². The lowest BCUT2D eigenvalue weighted by atomic mass is 9.96. The van der Waals surface area contributed by atoms with Gasteiger partial charge in [-0.05, 0) is 49.1 Å². The molecule has 7 heteroatoms. The summed E-state index contributed by atoms with van der Waals surface area (Å²) in [5.74, 6) is 2.23. The van der Waals surface area contributed by atoms with Gasteiger partial charge in [0.05, 0.1) is 0 Å². The Hall–Kier alpha value is -3.12. The van der Waals surface area contributed by atoms with Gasteiger partial charge in [-0.25, -0.2) is 9.97 Å². The minimum atomic E-state index is 0.0309. The van der Waals surface area contributed by atoms with E-state index in [-0.39, 0.29) is 11.8 Å². The highest BCUT2D eigenvalue weighted by molar-refractivity contribution is 6.30. The minimum absolute atomic E-state index is 0.0309. The molecular weight excluding hydrogens is 412 g/mol. The topological polar surface area (TPSA) is 67.4 Å². The van der Waals surface area contributed by atoms with Crippen LogP contribution < -0.4 is 15.0 Å². The first-order valence-electron chi connectivity index (χ1n) is 10.5. The predicted molar refractivity (Wildman–Crippen MR) is 122 cm³/mol. The summed E-state index contributed by atoms with van der Waals surface area (Å²) in [6.45, 7) is 2.18. The Morgan fingerprint density at radius 2 is 1.81 bits per heavy atom. The summed E-state index contributed by atoms with van der Waals surface area (Å²) in [4.78, 5) is 23.3. The Bertz CT molecular complexity index is 990. The molecule has 31 heavy (non-hydrogen) atoms. The van der Waals surface area contributed by atoms with E-state index < -0.39 is 0 Å². The van der Waals surface area contributed by atoms with Crippen LogP contribution in [0.1, 0.15) is 18.4 Å². The van der Waals surface area contributed by atoms with Crippen molar-refractivity contribution in [3.05, 3.63) is 77.6 Å². The molecule has 1 N–H and O–H groups in total. The highest BCUT2D eigenvalue weighted by atomic mass is 35.5. The van der Waals surface area contributed by atoms with Crippen molar-refractivity contribution in [1.82, 2.24) is 15.3 Å². The van der Waals surface area contributed by atoms with Crippen LogP contribution in [0.25, 0.3) is 0 Å². The van der Waals surface area contributed by atoms with Crippen molar-refractivity contribution < 1.29 is 9.53 Å². The number of benzene rings is 2. The third-order valence-electron chi connectivity index (χ3n) is 5.41. The first-order valence-corrected chi connectivity index (χ1v) is 10.9. The number of amides is 1. The van der Waals surface area contributed by atoms with Crippen molar-refractivity contribution >= 4 is 23.3 Å². The second-order valence-corrected chi connectivity index (χ2v) is 7.99. The third kappa shape index (κ3) is 5.95. The summed E-state index contributed by atoms with van der Waals surface area (Å²) in [6, 6.07) is 19.1. The Morgan fingerprint density at radius 3 is 2.55 bits per heavy atom. The number of anilines is 1. The summed E-state index contributed by atoms with van der Waals surface area (Å²) >= 11 is 5.91. The molecule has 3 aromatic rings. The van der Waals surface area contributed by atoms with Gasteiger partial charge in [0, 0.05) is 36.6 Å². The summed E-state index contributed by atoms with van der Waals surface area (Å²) in [7, 11) is 0. The smallest absolute Gasteiger partial charge is 0.224 e. The number of carbonyl (C=O) groups excluding carboxylic acids is 1. The van der Waals surface area contributed by atoms with E-state index >= 15 is 0 Å². The van der Waals surface area contributed by atoms with Crippen LogP contribution in [0.3, 0.4) is 0 Å². The highest BCUT2D eigenvalue weighted by Crippen LogP contribution is 2.25. The average Bonchev–Trinajstić information content (AvgIpc) is 2.81. The molecular formula is C24H25ClN4O2. The number of rotatable bonds is 7. The Morgan fingerprint density at radius 1 is 1.06 bits per heavy atom. The monoisotopic (exact) mass is 436 g/mol. The van der Waals surface area contributed by atoms with Gasteiger partial charge >= 0.3 is 0 Å². The number of hydrogen-bond acceptors (Lipinski definition) is 5. The average molecular weight is 437 g/mol. The molecule has 1 fully saturated rings. The summed E-state index contributed by atoms with van der Waals surface area (Å²) in [6.07, 6.45) is 3.91. The lowest BCUT2D eigenvalue weighted by Crippen LogP contribution is -2.41. The maximum atomic E-state index is 12.5. The molecule has 0 spiro atoms. The van der Waals surface area contributed by atoms with Gasteiger partial charge in [0.2, 0.25) is 11.8 Å². The summed E-state index contributed by atoms with van der Waals surface area (Å²) < 4.78 is 5.81. The summed E-state index contributed by atoms with van der Waals surface area (Å²) in [5, 5.41) is 3.79. The fourth-order valence-electron chi connectivity index (χ4n) is 3.66. The van der Waals surface area contributed by atoms with Crippen LogP contribution in [0.4, 0.5) is 5.82 Å². The molecule has 4 rings (SSSR count). The maximum absolute atomic E-state index is 12.5. The number of hydrogen-bond donors (Lipinski definition) is 1. The Labute approximate surface area is 187 Å². The maximum Gasteiger partial charge on any atom is 0.224 e. The van der Waals surface area contributed by atoms with E-state index in [1.807, 2.05) is 60.7 Å². The Kier molecular flexibility index (Phi) is 6.99. The number of carbonyl (C=O) groups is 1. The molecule has 6 nitrogen and oxygen atoms in total. The zero-order chi connectivity index (χ0) is 21.5. The molecule has 1 saturated heterocycles. The highest BCUT2D eigenvalue weighted by Gasteiger charge is 2.25. The molecule has 2 aromatic carbocycles. The molecule has 160 valence electrons. The van der Waals surface area contributed by atoms with Crippen molar-refractivity contribution in [2.75, 3.05) is 24.5 Å². The molecule has 1 aromatic heterocycles. The minimum Gasteiger partial charge on any atom is -0.439 e. The van der Waals surface area contributed by atoms with Gasteiger partial charge in [-0.1, -0.05) is 41.9 Å². The van der Waals surface area contributed by atoms with Crippen molar-refractivity contribution in [2.45, 2.75) is 19.3 Å². The largest absolute Gasteiger partial charge is 0.439 e. The molecule has 2 heterocycles. The van der Waals surface area contributed by atoms with E-state index in [0.29, 0.717) is 12.4 Å². The molecule has 0 radical (unpaired) electrons. The molecule has 1 amide bonds. The molecule has 0 saturated carbocycles. The fraction of sp³-hybridized carbons (Fsp3) is 0.292. The number of piperidine rings is 1. The number of aromatic nitrogens is 2. The lowest BCUT2D eigenvalue weighted by Gasteiger charge is -2.32. The number of para-hydroxylation sites is 1. The standard InChI is InChI=1S/C24H25ClN4O2/c25-20-8-6-18(7-9-20)10-13-26-24(30)19-11-14-29(15-12-19)22-16-23(28-17-27-22)31-21-4-2-1-3-5-21/h1-9,16-17,19H,10-15H2,(H,26,30). The van der Waals surface area contributed by atoms with Gasteiger partial charge in [-0.3, -0.25) is 4.79 Å². The number of nitrogens with zero attached hydrogens (tertiary/aromatic N) is 3. The molecule has 0 atom stereocenters. The van der Waals surface area contributed by atoms with Gasteiger partial charge in [0.25, 0.3) is 0 Å². The first-order chi connectivity index (χ1) is 15.2. The van der Waals surface area contributed by atoms with E-state index in [2.05, 4.69) is 20.2 Å². The van der Waals surface area contributed by atoms with Crippen molar-refractivity contribution in [2.24, 2.45) is 5.92 Å². The van der Waals surface area contributed by atoms with Crippen LogP contribution in [-0.4, -0.2) is 35.5 Å². The predicted octanol–water partition coefficient (Wildman–Crippen LogP) is 4.50. The second kappa shape index (κ2) is 10.3.